The molecule has 1 amide bonds. The van der Waals surface area contributed by atoms with Crippen molar-refractivity contribution in [3.63, 3.8) is 0 Å². The number of fused-ring (bicyclic) bond motifs is 1. The summed E-state index contributed by atoms with van der Waals surface area (Å²) in [5.74, 6) is 0.798. The van der Waals surface area contributed by atoms with E-state index in [0.717, 1.165) is 23.9 Å². The maximum Gasteiger partial charge on any atom is 0.231 e. The molecule has 1 fully saturated rings. The standard InChI is InChI=1S/C16H19N3O/c1-11(2)19-9-14(10-19)16(20)18-15-7-12-5-3-4-6-13(12)8-17-15/h3-8,11,14H,9-10H2,1-2H3,(H,17,18,20). The highest BCUT2D eigenvalue weighted by atomic mass is 16.2. The quantitative estimate of drug-likeness (QED) is 0.931. The third kappa shape index (κ3) is 2.51. The Morgan fingerprint density at radius 1 is 1.30 bits per heavy atom. The summed E-state index contributed by atoms with van der Waals surface area (Å²) in [7, 11) is 0. The second-order valence-corrected chi connectivity index (χ2v) is 5.65. The molecule has 1 N–H and O–H groups in total. The zero-order valence-electron chi connectivity index (χ0n) is 11.8. The maximum absolute atomic E-state index is 12.1. The van der Waals surface area contributed by atoms with Crippen molar-refractivity contribution < 1.29 is 4.79 Å². The Morgan fingerprint density at radius 3 is 2.70 bits per heavy atom. The van der Waals surface area contributed by atoms with Crippen LogP contribution >= 0.6 is 0 Å². The van der Waals surface area contributed by atoms with E-state index in [9.17, 15) is 4.79 Å². The van der Waals surface area contributed by atoms with Crippen LogP contribution in [0.3, 0.4) is 0 Å². The van der Waals surface area contributed by atoms with Crippen LogP contribution in [0, 0.1) is 5.92 Å². The van der Waals surface area contributed by atoms with Crippen LogP contribution in [0.4, 0.5) is 5.82 Å². The summed E-state index contributed by atoms with van der Waals surface area (Å²) in [6.45, 7) is 5.99. The third-order valence-electron chi connectivity index (χ3n) is 3.89. The van der Waals surface area contributed by atoms with Gasteiger partial charge in [-0.15, -0.1) is 0 Å². The van der Waals surface area contributed by atoms with Crippen LogP contribution in [-0.2, 0) is 4.79 Å². The number of carbonyl (C=O) groups excluding carboxylic acids is 1. The van der Waals surface area contributed by atoms with E-state index in [1.165, 1.54) is 0 Å². The zero-order valence-corrected chi connectivity index (χ0v) is 11.8. The number of nitrogens with one attached hydrogen (secondary N) is 1. The fourth-order valence-corrected chi connectivity index (χ4v) is 2.48. The van der Waals surface area contributed by atoms with Crippen LogP contribution in [0.5, 0.6) is 0 Å². The number of nitrogens with zero attached hydrogens (tertiary/aromatic N) is 2. The highest BCUT2D eigenvalue weighted by Crippen LogP contribution is 2.21. The van der Waals surface area contributed by atoms with Crippen LogP contribution in [0.1, 0.15) is 13.8 Å². The van der Waals surface area contributed by atoms with E-state index in [0.29, 0.717) is 11.9 Å². The van der Waals surface area contributed by atoms with Gasteiger partial charge in [0.15, 0.2) is 0 Å². The van der Waals surface area contributed by atoms with E-state index in [1.54, 1.807) is 6.20 Å². The molecule has 1 aromatic carbocycles. The van der Waals surface area contributed by atoms with Gasteiger partial charge in [-0.1, -0.05) is 24.3 Å². The van der Waals surface area contributed by atoms with E-state index in [2.05, 4.69) is 29.0 Å². The molecule has 0 radical (unpaired) electrons. The second kappa shape index (κ2) is 5.21. The van der Waals surface area contributed by atoms with E-state index in [4.69, 9.17) is 0 Å². The molecule has 104 valence electrons. The predicted octanol–water partition coefficient (Wildman–Crippen LogP) is 2.51. The molecule has 1 aliphatic heterocycles. The third-order valence-corrected chi connectivity index (χ3v) is 3.89. The van der Waals surface area contributed by atoms with Gasteiger partial charge in [-0.3, -0.25) is 9.69 Å². The molecule has 3 rings (SSSR count). The Kier molecular flexibility index (Phi) is 3.40. The molecule has 2 aromatic rings. The van der Waals surface area contributed by atoms with Gasteiger partial charge >= 0.3 is 0 Å². The number of carbonyl (C=O) groups is 1. The van der Waals surface area contributed by atoms with Gasteiger partial charge in [0.05, 0.1) is 5.92 Å². The topological polar surface area (TPSA) is 45.2 Å². The van der Waals surface area contributed by atoms with E-state index >= 15 is 0 Å². The largest absolute Gasteiger partial charge is 0.310 e. The van der Waals surface area contributed by atoms with Crippen molar-refractivity contribution >= 4 is 22.5 Å². The summed E-state index contributed by atoms with van der Waals surface area (Å²) in [4.78, 5) is 18.7. The molecule has 0 spiro atoms. The fourth-order valence-electron chi connectivity index (χ4n) is 2.48. The van der Waals surface area contributed by atoms with Gasteiger partial charge in [0.1, 0.15) is 5.82 Å². The summed E-state index contributed by atoms with van der Waals surface area (Å²) < 4.78 is 0. The summed E-state index contributed by atoms with van der Waals surface area (Å²) in [6, 6.07) is 10.4. The van der Waals surface area contributed by atoms with Crippen molar-refractivity contribution in [2.75, 3.05) is 18.4 Å². The lowest BCUT2D eigenvalue weighted by Crippen LogP contribution is -2.54. The number of likely N-dealkylation sites (tertiary alicyclic amines) is 1. The monoisotopic (exact) mass is 269 g/mol. The molecule has 0 bridgehead atoms. The Hall–Kier alpha value is -1.94. The first-order valence-electron chi connectivity index (χ1n) is 7.03. The highest BCUT2D eigenvalue weighted by molar-refractivity contribution is 5.94. The van der Waals surface area contributed by atoms with Crippen molar-refractivity contribution in [3.8, 4) is 0 Å². The minimum Gasteiger partial charge on any atom is -0.310 e. The van der Waals surface area contributed by atoms with Gasteiger partial charge in [-0.25, -0.2) is 4.98 Å². The molecule has 1 aromatic heterocycles. The smallest absolute Gasteiger partial charge is 0.231 e. The van der Waals surface area contributed by atoms with E-state index in [1.807, 2.05) is 30.3 Å². The molecular formula is C16H19N3O. The summed E-state index contributed by atoms with van der Waals surface area (Å²) in [5, 5.41) is 5.10. The summed E-state index contributed by atoms with van der Waals surface area (Å²) in [5.41, 5.74) is 0. The Balaban J connectivity index is 1.66. The Labute approximate surface area is 118 Å². The first-order valence-corrected chi connectivity index (χ1v) is 7.03. The van der Waals surface area contributed by atoms with Crippen LogP contribution in [0.2, 0.25) is 0 Å². The Morgan fingerprint density at radius 2 is 2.00 bits per heavy atom. The molecule has 20 heavy (non-hydrogen) atoms. The van der Waals surface area contributed by atoms with Gasteiger partial charge in [-0.2, -0.15) is 0 Å². The second-order valence-electron chi connectivity index (χ2n) is 5.65. The minimum atomic E-state index is 0.0738. The Bertz CT molecular complexity index is 632. The van der Waals surface area contributed by atoms with Crippen molar-refractivity contribution in [1.29, 1.82) is 0 Å². The number of hydrogen-bond acceptors (Lipinski definition) is 3. The molecule has 2 heterocycles. The lowest BCUT2D eigenvalue weighted by molar-refractivity contribution is -0.125. The van der Waals surface area contributed by atoms with Crippen molar-refractivity contribution in [3.05, 3.63) is 36.5 Å². The lowest BCUT2D eigenvalue weighted by atomic mass is 9.97. The molecule has 1 saturated heterocycles. The predicted molar refractivity (Wildman–Crippen MR) is 80.6 cm³/mol. The van der Waals surface area contributed by atoms with Crippen LogP contribution < -0.4 is 5.32 Å². The number of aromatic nitrogens is 1. The molecule has 1 aliphatic rings. The number of hydrogen-bond donors (Lipinski definition) is 1. The SMILES string of the molecule is CC(C)N1CC(C(=O)Nc2cc3ccccc3cn2)C1. The maximum atomic E-state index is 12.1. The van der Waals surface area contributed by atoms with Gasteiger partial charge in [0.25, 0.3) is 0 Å². The fraction of sp³-hybridized carbons (Fsp3) is 0.375. The van der Waals surface area contributed by atoms with Gasteiger partial charge in [0.2, 0.25) is 5.91 Å². The number of benzene rings is 1. The number of anilines is 1. The van der Waals surface area contributed by atoms with Crippen molar-refractivity contribution in [1.82, 2.24) is 9.88 Å². The van der Waals surface area contributed by atoms with E-state index in [-0.39, 0.29) is 11.8 Å². The van der Waals surface area contributed by atoms with Crippen LogP contribution in [-0.4, -0.2) is 34.9 Å². The molecule has 0 aliphatic carbocycles. The highest BCUT2D eigenvalue weighted by Gasteiger charge is 2.33. The first-order chi connectivity index (χ1) is 9.63. The molecule has 4 nitrogen and oxygen atoms in total. The van der Waals surface area contributed by atoms with Crippen LogP contribution in [0.15, 0.2) is 36.5 Å². The number of rotatable bonds is 3. The average Bonchev–Trinajstić information content (AvgIpc) is 2.36. The molecule has 4 heteroatoms. The normalized spacial score (nSPS) is 16.4. The zero-order chi connectivity index (χ0) is 14.1. The number of pyridine rings is 1. The van der Waals surface area contributed by atoms with Crippen molar-refractivity contribution in [2.24, 2.45) is 5.92 Å². The molecular weight excluding hydrogens is 250 g/mol. The van der Waals surface area contributed by atoms with Gasteiger partial charge in [-0.05, 0) is 25.3 Å². The minimum absolute atomic E-state index is 0.0738. The van der Waals surface area contributed by atoms with Crippen molar-refractivity contribution in [2.45, 2.75) is 19.9 Å². The summed E-state index contributed by atoms with van der Waals surface area (Å²) >= 11 is 0. The lowest BCUT2D eigenvalue weighted by Gasteiger charge is -2.40. The first kappa shape index (κ1) is 13.1. The average molecular weight is 269 g/mol. The van der Waals surface area contributed by atoms with Crippen LogP contribution in [0.25, 0.3) is 10.8 Å². The molecule has 0 unspecified atom stereocenters. The molecule has 0 atom stereocenters. The van der Waals surface area contributed by atoms with Gasteiger partial charge < -0.3 is 5.32 Å². The number of amides is 1. The van der Waals surface area contributed by atoms with E-state index < -0.39 is 0 Å². The molecule has 0 saturated carbocycles. The summed E-state index contributed by atoms with van der Waals surface area (Å²) in [6.07, 6.45) is 1.80. The van der Waals surface area contributed by atoms with Gasteiger partial charge in [0, 0.05) is 30.7 Å².